The molecular formula is C21H25F6N7O3. The highest BCUT2D eigenvalue weighted by Gasteiger charge is 2.37. The number of nitrogens with zero attached hydrogens (tertiary/aromatic N) is 5. The van der Waals surface area contributed by atoms with Crippen molar-refractivity contribution in [2.24, 2.45) is 0 Å². The molecule has 10 nitrogen and oxygen atoms in total. The third-order valence-corrected chi connectivity index (χ3v) is 5.58. The number of amides is 1. The van der Waals surface area contributed by atoms with Gasteiger partial charge in [0.25, 0.3) is 5.56 Å². The van der Waals surface area contributed by atoms with Gasteiger partial charge in [-0.05, 0) is 13.3 Å². The van der Waals surface area contributed by atoms with Gasteiger partial charge in [-0.15, -0.1) is 0 Å². The molecule has 2 aromatic rings. The van der Waals surface area contributed by atoms with Crippen LogP contribution in [0.25, 0.3) is 0 Å². The smallest absolute Gasteiger partial charge is 0.381 e. The summed E-state index contributed by atoms with van der Waals surface area (Å²) >= 11 is 0. The van der Waals surface area contributed by atoms with Crippen molar-refractivity contribution in [2.45, 2.75) is 38.2 Å². The normalized spacial score (nSPS) is 15.5. The minimum Gasteiger partial charge on any atom is -0.381 e. The molecule has 37 heavy (non-hydrogen) atoms. The molecule has 1 unspecified atom stereocenters. The maximum Gasteiger partial charge on any atom is 0.423 e. The average molecular weight is 537 g/mol. The Morgan fingerprint density at radius 3 is 2.30 bits per heavy atom. The van der Waals surface area contributed by atoms with Crippen molar-refractivity contribution in [2.75, 3.05) is 49.6 Å². The summed E-state index contributed by atoms with van der Waals surface area (Å²) < 4.78 is 82.7. The summed E-state index contributed by atoms with van der Waals surface area (Å²) in [5.74, 6) is -0.00651. The zero-order valence-electron chi connectivity index (χ0n) is 19.7. The lowest BCUT2D eigenvalue weighted by Crippen LogP contribution is -2.49. The van der Waals surface area contributed by atoms with E-state index in [-0.39, 0.29) is 31.5 Å². The van der Waals surface area contributed by atoms with Gasteiger partial charge in [0.1, 0.15) is 5.56 Å². The summed E-state index contributed by atoms with van der Waals surface area (Å²) in [5, 5.41) is 7.77. The molecular weight excluding hydrogens is 512 g/mol. The Hall–Kier alpha value is -3.43. The van der Waals surface area contributed by atoms with E-state index in [9.17, 15) is 35.9 Å². The first kappa shape index (κ1) is 28.1. The van der Waals surface area contributed by atoms with Crippen LogP contribution in [0.2, 0.25) is 0 Å². The van der Waals surface area contributed by atoms with Gasteiger partial charge in [0, 0.05) is 51.2 Å². The molecule has 0 aliphatic carbocycles. The molecule has 16 heteroatoms. The van der Waals surface area contributed by atoms with Crippen LogP contribution >= 0.6 is 0 Å². The van der Waals surface area contributed by atoms with Crippen LogP contribution in [0, 0.1) is 0 Å². The van der Waals surface area contributed by atoms with Crippen molar-refractivity contribution in [1.29, 1.82) is 0 Å². The second kappa shape index (κ2) is 11.7. The molecule has 1 aliphatic heterocycles. The summed E-state index contributed by atoms with van der Waals surface area (Å²) in [6.07, 6.45) is -6.62. The van der Waals surface area contributed by atoms with Crippen molar-refractivity contribution >= 4 is 17.5 Å². The Kier molecular flexibility index (Phi) is 8.94. The molecule has 1 fully saturated rings. The van der Waals surface area contributed by atoms with Crippen LogP contribution in [-0.2, 0) is 21.9 Å². The highest BCUT2D eigenvalue weighted by Crippen LogP contribution is 2.32. The predicted octanol–water partition coefficient (Wildman–Crippen LogP) is 2.54. The second-order valence-electron chi connectivity index (χ2n) is 8.32. The third kappa shape index (κ3) is 7.77. The van der Waals surface area contributed by atoms with Gasteiger partial charge in [0.2, 0.25) is 11.9 Å². The van der Waals surface area contributed by atoms with Gasteiger partial charge in [-0.1, -0.05) is 0 Å². The lowest BCUT2D eigenvalue weighted by Gasteiger charge is -2.34. The first-order valence-electron chi connectivity index (χ1n) is 11.3. The highest BCUT2D eigenvalue weighted by molar-refractivity contribution is 5.76. The first-order chi connectivity index (χ1) is 17.4. The molecule has 3 rings (SSSR count). The number of halogens is 6. The number of nitrogens with one attached hydrogen (secondary N) is 2. The van der Waals surface area contributed by atoms with Gasteiger partial charge in [-0.25, -0.2) is 15.1 Å². The molecule has 0 saturated carbocycles. The average Bonchev–Trinajstić information content (AvgIpc) is 2.82. The first-order valence-corrected chi connectivity index (χ1v) is 11.3. The molecule has 2 aromatic heterocycles. The van der Waals surface area contributed by atoms with E-state index >= 15 is 0 Å². The molecule has 1 amide bonds. The topological polar surface area (TPSA) is 116 Å². The number of alkyl halides is 6. The van der Waals surface area contributed by atoms with Gasteiger partial charge < -0.3 is 19.9 Å². The van der Waals surface area contributed by atoms with Crippen molar-refractivity contribution in [3.63, 3.8) is 0 Å². The van der Waals surface area contributed by atoms with Crippen LogP contribution in [0.4, 0.5) is 38.0 Å². The van der Waals surface area contributed by atoms with Crippen LogP contribution in [0.15, 0.2) is 23.4 Å². The number of hydrogen-bond acceptors (Lipinski definition) is 8. The van der Waals surface area contributed by atoms with Gasteiger partial charge in [0.05, 0.1) is 30.5 Å². The molecule has 0 bridgehead atoms. The molecule has 1 atom stereocenters. The monoisotopic (exact) mass is 537 g/mol. The van der Waals surface area contributed by atoms with E-state index in [1.54, 1.807) is 21.8 Å². The van der Waals surface area contributed by atoms with E-state index in [2.05, 4.69) is 20.4 Å². The van der Waals surface area contributed by atoms with Gasteiger partial charge in [0.15, 0.2) is 0 Å². The van der Waals surface area contributed by atoms with Crippen LogP contribution in [0.1, 0.15) is 30.9 Å². The van der Waals surface area contributed by atoms with Gasteiger partial charge in [-0.3, -0.25) is 9.59 Å². The van der Waals surface area contributed by atoms with Crippen LogP contribution in [-0.4, -0.2) is 76.4 Å². The summed E-state index contributed by atoms with van der Waals surface area (Å²) in [6, 6.07) is -0.471. The van der Waals surface area contributed by atoms with Crippen molar-refractivity contribution in [3.05, 3.63) is 40.1 Å². The Bertz CT molecular complexity index is 1100. The van der Waals surface area contributed by atoms with Crippen molar-refractivity contribution in [3.8, 4) is 0 Å². The fourth-order valence-electron chi connectivity index (χ4n) is 3.59. The number of piperazine rings is 1. The van der Waals surface area contributed by atoms with E-state index < -0.39 is 40.8 Å². The second-order valence-corrected chi connectivity index (χ2v) is 8.32. The zero-order chi connectivity index (χ0) is 27.2. The fourth-order valence-corrected chi connectivity index (χ4v) is 3.59. The predicted molar refractivity (Wildman–Crippen MR) is 119 cm³/mol. The van der Waals surface area contributed by atoms with E-state index in [0.29, 0.717) is 32.6 Å². The molecule has 204 valence electrons. The zero-order valence-corrected chi connectivity index (χ0v) is 19.7. The summed E-state index contributed by atoms with van der Waals surface area (Å²) in [5.41, 5.74) is -4.06. The molecule has 1 aliphatic rings. The minimum atomic E-state index is -4.84. The van der Waals surface area contributed by atoms with E-state index in [4.69, 9.17) is 4.74 Å². The molecule has 0 spiro atoms. The van der Waals surface area contributed by atoms with Crippen molar-refractivity contribution < 1.29 is 35.9 Å². The third-order valence-electron chi connectivity index (χ3n) is 5.58. The highest BCUT2D eigenvalue weighted by atomic mass is 19.4. The van der Waals surface area contributed by atoms with E-state index in [1.165, 1.54) is 0 Å². The number of ether oxygens (including phenoxy) is 1. The Balaban J connectivity index is 1.36. The van der Waals surface area contributed by atoms with Gasteiger partial charge in [-0.2, -0.15) is 31.4 Å². The molecule has 2 N–H and O–H groups in total. The summed E-state index contributed by atoms with van der Waals surface area (Å²) in [6.45, 7) is 3.30. The maximum absolute atomic E-state index is 13.1. The Morgan fingerprint density at radius 2 is 1.70 bits per heavy atom. The number of aromatic nitrogens is 4. The molecule has 0 radical (unpaired) electrons. The van der Waals surface area contributed by atoms with Crippen LogP contribution in [0.5, 0.6) is 0 Å². The van der Waals surface area contributed by atoms with Crippen LogP contribution in [0.3, 0.4) is 0 Å². The lowest BCUT2D eigenvalue weighted by atomic mass is 10.2. The summed E-state index contributed by atoms with van der Waals surface area (Å²) in [7, 11) is 0. The number of anilines is 2. The number of aromatic amines is 1. The van der Waals surface area contributed by atoms with Gasteiger partial charge >= 0.3 is 12.4 Å². The number of carbonyl (C=O) groups is 1. The fraction of sp³-hybridized carbons (Fsp3) is 0.571. The maximum atomic E-state index is 13.1. The molecule has 3 heterocycles. The molecule has 1 saturated heterocycles. The SMILES string of the molecule is CC(CCOCCC(=O)N1CCN(c2ncc(C(F)(F)F)cn2)CC1)Nc1cn[nH]c(=O)c1C(F)(F)F. The lowest BCUT2D eigenvalue weighted by molar-refractivity contribution is -0.139. The quantitative estimate of drug-likeness (QED) is 0.371. The van der Waals surface area contributed by atoms with E-state index in [0.717, 1.165) is 18.6 Å². The summed E-state index contributed by atoms with van der Waals surface area (Å²) in [4.78, 5) is 34.7. The Labute approximate surface area is 207 Å². The number of hydrogen-bond donors (Lipinski definition) is 2. The molecule has 0 aromatic carbocycles. The Morgan fingerprint density at radius 1 is 1.05 bits per heavy atom. The van der Waals surface area contributed by atoms with Crippen molar-refractivity contribution in [1.82, 2.24) is 25.1 Å². The number of H-pyrrole nitrogens is 1. The van der Waals surface area contributed by atoms with E-state index in [1.807, 2.05) is 0 Å². The number of rotatable bonds is 9. The minimum absolute atomic E-state index is 0.0921. The van der Waals surface area contributed by atoms with Crippen LogP contribution < -0.4 is 15.8 Å². The number of carbonyl (C=O) groups excluding carboxylic acids is 1. The standard InChI is InChI=1S/C21H25F6N7O3/c1-13(31-15-12-30-32-18(36)17(15)21(25,26)27)2-8-37-9-3-16(35)33-4-6-34(7-5-33)19-28-10-14(11-29-19)20(22,23)24/h10-13H,2-9H2,1H3,(H2,31,32,36). The largest absolute Gasteiger partial charge is 0.423 e.